The van der Waals surface area contributed by atoms with Crippen LogP contribution < -0.4 is 10.6 Å². The molecule has 1 saturated heterocycles. The lowest BCUT2D eigenvalue weighted by Gasteiger charge is -2.27. The van der Waals surface area contributed by atoms with E-state index in [2.05, 4.69) is 20.6 Å². The molecule has 0 spiro atoms. The van der Waals surface area contributed by atoms with Crippen LogP contribution in [0.1, 0.15) is 29.0 Å². The second-order valence-corrected chi connectivity index (χ2v) is 6.70. The molecule has 0 saturated carbocycles. The molecule has 1 unspecified atom stereocenters. The van der Waals surface area contributed by atoms with Gasteiger partial charge in [0.05, 0.1) is 18.4 Å². The quantitative estimate of drug-likeness (QED) is 0.854. The summed E-state index contributed by atoms with van der Waals surface area (Å²) >= 11 is 12.2. The number of hydrogen-bond donors (Lipinski definition) is 2. The summed E-state index contributed by atoms with van der Waals surface area (Å²) < 4.78 is 0. The maximum absolute atomic E-state index is 12.4. The van der Waals surface area contributed by atoms with E-state index in [0.29, 0.717) is 34.6 Å². The molecular weight excluding hydrogens is 361 g/mol. The minimum atomic E-state index is -0.0886. The molecule has 1 fully saturated rings. The first-order valence-electron chi connectivity index (χ1n) is 8.08. The molecule has 25 heavy (non-hydrogen) atoms. The van der Waals surface area contributed by atoms with E-state index < -0.39 is 0 Å². The first kappa shape index (κ1) is 17.9. The number of piperazine rings is 1. The summed E-state index contributed by atoms with van der Waals surface area (Å²) in [6.45, 7) is 4.95. The molecule has 8 heteroatoms. The van der Waals surface area contributed by atoms with E-state index in [1.165, 1.54) is 6.20 Å². The summed E-state index contributed by atoms with van der Waals surface area (Å²) in [5.41, 5.74) is 1.26. The number of aromatic nitrogens is 2. The van der Waals surface area contributed by atoms with Gasteiger partial charge in [0.25, 0.3) is 5.91 Å². The Balaban J connectivity index is 1.66. The number of carbonyl (C=O) groups is 1. The largest absolute Gasteiger partial charge is 0.362 e. The van der Waals surface area contributed by atoms with Crippen LogP contribution >= 0.6 is 23.2 Å². The third kappa shape index (κ3) is 4.39. The van der Waals surface area contributed by atoms with Crippen LogP contribution in [0.3, 0.4) is 0 Å². The lowest BCUT2D eigenvalue weighted by molar-refractivity contribution is 0.0729. The monoisotopic (exact) mass is 379 g/mol. The topological polar surface area (TPSA) is 70.2 Å². The zero-order chi connectivity index (χ0) is 17.8. The van der Waals surface area contributed by atoms with Crippen molar-refractivity contribution in [3.63, 3.8) is 0 Å². The van der Waals surface area contributed by atoms with E-state index in [1.807, 2.05) is 13.0 Å². The Morgan fingerprint density at radius 2 is 2.00 bits per heavy atom. The number of nitrogens with one attached hydrogen (secondary N) is 2. The van der Waals surface area contributed by atoms with Crippen molar-refractivity contribution in [2.45, 2.75) is 13.0 Å². The number of hydrogen-bond acceptors (Lipinski definition) is 5. The van der Waals surface area contributed by atoms with Crippen LogP contribution in [0.25, 0.3) is 0 Å². The molecule has 6 nitrogen and oxygen atoms in total. The van der Waals surface area contributed by atoms with Crippen LogP contribution in [-0.2, 0) is 0 Å². The van der Waals surface area contributed by atoms with E-state index in [9.17, 15) is 4.79 Å². The van der Waals surface area contributed by atoms with Crippen LogP contribution in [0.5, 0.6) is 0 Å². The van der Waals surface area contributed by atoms with Crippen LogP contribution in [0, 0.1) is 0 Å². The molecule has 1 aromatic heterocycles. The first-order chi connectivity index (χ1) is 12.0. The zero-order valence-electron chi connectivity index (χ0n) is 13.8. The minimum absolute atomic E-state index is 0.0752. The van der Waals surface area contributed by atoms with Crippen molar-refractivity contribution in [3.05, 3.63) is 51.9 Å². The molecule has 132 valence electrons. The molecule has 2 aromatic rings. The Morgan fingerprint density at radius 1 is 1.24 bits per heavy atom. The van der Waals surface area contributed by atoms with Crippen molar-refractivity contribution in [1.82, 2.24) is 20.2 Å². The molecule has 0 aliphatic carbocycles. The van der Waals surface area contributed by atoms with Crippen LogP contribution in [0.4, 0.5) is 5.82 Å². The second-order valence-electron chi connectivity index (χ2n) is 5.86. The highest BCUT2D eigenvalue weighted by Gasteiger charge is 2.19. The summed E-state index contributed by atoms with van der Waals surface area (Å²) in [4.78, 5) is 22.7. The standard InChI is InChI=1S/C17H19Cl2N5O/c1-11(13-3-2-12(18)8-14(13)19)23-16-10-21-15(9-22-16)17(25)24-6-4-20-5-7-24/h2-3,8-11,20H,4-7H2,1H3,(H,22,23). The molecule has 1 amide bonds. The summed E-state index contributed by atoms with van der Waals surface area (Å²) in [5.74, 6) is 0.490. The summed E-state index contributed by atoms with van der Waals surface area (Å²) in [5, 5.41) is 7.63. The predicted octanol–water partition coefficient (Wildman–Crippen LogP) is 3.00. The molecular formula is C17H19Cl2N5O. The van der Waals surface area contributed by atoms with Crippen molar-refractivity contribution < 1.29 is 4.79 Å². The van der Waals surface area contributed by atoms with Gasteiger partial charge >= 0.3 is 0 Å². The van der Waals surface area contributed by atoms with Gasteiger partial charge in [0.2, 0.25) is 0 Å². The summed E-state index contributed by atoms with van der Waals surface area (Å²) in [7, 11) is 0. The number of anilines is 1. The predicted molar refractivity (Wildman–Crippen MR) is 99.3 cm³/mol. The third-order valence-corrected chi connectivity index (χ3v) is 4.63. The van der Waals surface area contributed by atoms with E-state index >= 15 is 0 Å². The average Bonchev–Trinajstić information content (AvgIpc) is 2.62. The second kappa shape index (κ2) is 7.99. The van der Waals surface area contributed by atoms with Gasteiger partial charge in [-0.3, -0.25) is 4.79 Å². The van der Waals surface area contributed by atoms with Gasteiger partial charge < -0.3 is 15.5 Å². The van der Waals surface area contributed by atoms with E-state index in [1.54, 1.807) is 23.2 Å². The maximum atomic E-state index is 12.4. The molecule has 1 aliphatic heterocycles. The fourth-order valence-corrected chi connectivity index (χ4v) is 3.27. The number of benzene rings is 1. The number of carbonyl (C=O) groups excluding carboxylic acids is 1. The Hall–Kier alpha value is -1.89. The Morgan fingerprint density at radius 3 is 2.64 bits per heavy atom. The molecule has 1 aliphatic rings. The van der Waals surface area contributed by atoms with E-state index in [0.717, 1.165) is 18.7 Å². The van der Waals surface area contributed by atoms with E-state index in [4.69, 9.17) is 23.2 Å². The fourth-order valence-electron chi connectivity index (χ4n) is 2.70. The van der Waals surface area contributed by atoms with Crippen LogP contribution in [0.15, 0.2) is 30.6 Å². The number of halogens is 2. The van der Waals surface area contributed by atoms with Crippen molar-refractivity contribution in [2.24, 2.45) is 0 Å². The normalized spacial score (nSPS) is 15.7. The smallest absolute Gasteiger partial charge is 0.274 e. The average molecular weight is 380 g/mol. The van der Waals surface area contributed by atoms with Crippen molar-refractivity contribution in [1.29, 1.82) is 0 Å². The molecule has 3 rings (SSSR count). The molecule has 1 atom stereocenters. The molecule has 0 radical (unpaired) electrons. The number of nitrogens with zero attached hydrogens (tertiary/aromatic N) is 3. The Labute approximate surface area is 156 Å². The number of amides is 1. The highest BCUT2D eigenvalue weighted by molar-refractivity contribution is 6.35. The highest BCUT2D eigenvalue weighted by atomic mass is 35.5. The lowest BCUT2D eigenvalue weighted by Crippen LogP contribution is -2.46. The Kier molecular flexibility index (Phi) is 5.73. The zero-order valence-corrected chi connectivity index (χ0v) is 15.3. The van der Waals surface area contributed by atoms with E-state index in [-0.39, 0.29) is 11.9 Å². The summed E-state index contributed by atoms with van der Waals surface area (Å²) in [6, 6.07) is 5.30. The SMILES string of the molecule is CC(Nc1cnc(C(=O)N2CCNCC2)cn1)c1ccc(Cl)cc1Cl. The van der Waals surface area contributed by atoms with Gasteiger partial charge in [0, 0.05) is 36.2 Å². The van der Waals surface area contributed by atoms with Gasteiger partial charge in [-0.15, -0.1) is 0 Å². The first-order valence-corrected chi connectivity index (χ1v) is 8.83. The van der Waals surface area contributed by atoms with Crippen LogP contribution in [-0.4, -0.2) is 47.0 Å². The Bertz CT molecular complexity index is 747. The fraction of sp³-hybridized carbons (Fsp3) is 0.353. The van der Waals surface area contributed by atoms with Crippen molar-refractivity contribution in [2.75, 3.05) is 31.5 Å². The van der Waals surface area contributed by atoms with Gasteiger partial charge in [0.1, 0.15) is 11.5 Å². The van der Waals surface area contributed by atoms with Gasteiger partial charge in [-0.05, 0) is 24.6 Å². The highest BCUT2D eigenvalue weighted by Crippen LogP contribution is 2.27. The number of rotatable bonds is 4. The van der Waals surface area contributed by atoms with Crippen LogP contribution in [0.2, 0.25) is 10.0 Å². The molecule has 0 bridgehead atoms. The van der Waals surface area contributed by atoms with Gasteiger partial charge in [-0.25, -0.2) is 9.97 Å². The molecule has 2 N–H and O–H groups in total. The summed E-state index contributed by atoms with van der Waals surface area (Å²) in [6.07, 6.45) is 3.07. The third-order valence-electron chi connectivity index (χ3n) is 4.07. The van der Waals surface area contributed by atoms with Gasteiger partial charge in [-0.2, -0.15) is 0 Å². The molecule has 1 aromatic carbocycles. The van der Waals surface area contributed by atoms with Crippen molar-refractivity contribution >= 4 is 34.9 Å². The molecule has 2 heterocycles. The lowest BCUT2D eigenvalue weighted by atomic mass is 10.1. The minimum Gasteiger partial charge on any atom is -0.362 e. The van der Waals surface area contributed by atoms with Gasteiger partial charge in [0.15, 0.2) is 0 Å². The van der Waals surface area contributed by atoms with Crippen molar-refractivity contribution in [3.8, 4) is 0 Å². The van der Waals surface area contributed by atoms with Gasteiger partial charge in [-0.1, -0.05) is 29.3 Å². The maximum Gasteiger partial charge on any atom is 0.274 e.